The normalized spacial score (nSPS) is 10.4. The molecule has 0 fully saturated rings. The van der Waals surface area contributed by atoms with Crippen LogP contribution in [0.4, 0.5) is 5.82 Å². The number of hydrogen-bond acceptors (Lipinski definition) is 6. The first-order chi connectivity index (χ1) is 15.7. The van der Waals surface area contributed by atoms with Gasteiger partial charge in [-0.1, -0.05) is 30.3 Å². The minimum atomic E-state index is -0.237. The van der Waals surface area contributed by atoms with Crippen molar-refractivity contribution in [2.45, 2.75) is 13.2 Å². The predicted octanol–water partition coefficient (Wildman–Crippen LogP) is 4.36. The van der Waals surface area contributed by atoms with E-state index in [0.717, 1.165) is 16.9 Å². The van der Waals surface area contributed by atoms with Crippen LogP contribution in [0.5, 0.6) is 17.4 Å². The van der Waals surface area contributed by atoms with Crippen molar-refractivity contribution in [3.05, 3.63) is 108 Å². The fourth-order valence-electron chi connectivity index (χ4n) is 2.93. The van der Waals surface area contributed by atoms with Crippen LogP contribution in [0.25, 0.3) is 0 Å². The number of carbonyl (C=O) groups excluding carboxylic acids is 1. The monoisotopic (exact) mass is 426 g/mol. The van der Waals surface area contributed by atoms with Gasteiger partial charge in [0.25, 0.3) is 5.91 Å². The third-order valence-corrected chi connectivity index (χ3v) is 4.59. The molecule has 0 aliphatic carbocycles. The van der Waals surface area contributed by atoms with Crippen LogP contribution in [0.15, 0.2) is 91.3 Å². The Bertz CT molecular complexity index is 1160. The average Bonchev–Trinajstić information content (AvgIpc) is 2.83. The van der Waals surface area contributed by atoms with Crippen molar-refractivity contribution in [2.75, 3.05) is 5.73 Å². The lowest BCUT2D eigenvalue weighted by Gasteiger charge is -2.09. The number of aromatic nitrogens is 2. The van der Waals surface area contributed by atoms with E-state index in [4.69, 9.17) is 15.2 Å². The van der Waals surface area contributed by atoms with Crippen molar-refractivity contribution in [3.8, 4) is 17.4 Å². The Labute approximate surface area is 185 Å². The Kier molecular flexibility index (Phi) is 6.57. The van der Waals surface area contributed by atoms with Crippen LogP contribution >= 0.6 is 0 Å². The summed E-state index contributed by atoms with van der Waals surface area (Å²) in [6.45, 7) is 0.850. The summed E-state index contributed by atoms with van der Waals surface area (Å²) in [5.74, 6) is 1.94. The Hall–Kier alpha value is -4.39. The second kappa shape index (κ2) is 10.1. The first kappa shape index (κ1) is 20.9. The molecule has 0 aliphatic rings. The summed E-state index contributed by atoms with van der Waals surface area (Å²) < 4.78 is 11.5. The van der Waals surface area contributed by atoms with Gasteiger partial charge in [0.1, 0.15) is 23.9 Å². The number of nitrogen functional groups attached to an aromatic ring is 1. The predicted molar refractivity (Wildman–Crippen MR) is 121 cm³/mol. The number of rotatable bonds is 8. The minimum Gasteiger partial charge on any atom is -0.489 e. The molecule has 4 rings (SSSR count). The van der Waals surface area contributed by atoms with Crippen LogP contribution in [-0.2, 0) is 13.2 Å². The van der Waals surface area contributed by atoms with Gasteiger partial charge in [-0.15, -0.1) is 0 Å². The molecule has 7 nitrogen and oxygen atoms in total. The number of ether oxygens (including phenoxy) is 2. The molecule has 0 atom stereocenters. The van der Waals surface area contributed by atoms with Crippen molar-refractivity contribution in [3.63, 3.8) is 0 Å². The topological polar surface area (TPSA) is 99.4 Å². The summed E-state index contributed by atoms with van der Waals surface area (Å²) >= 11 is 0. The van der Waals surface area contributed by atoms with Crippen molar-refractivity contribution in [1.29, 1.82) is 0 Å². The van der Waals surface area contributed by atoms with E-state index in [1.165, 1.54) is 6.20 Å². The summed E-state index contributed by atoms with van der Waals surface area (Å²) in [6, 6.07) is 24.1. The summed E-state index contributed by atoms with van der Waals surface area (Å²) in [7, 11) is 0. The van der Waals surface area contributed by atoms with E-state index in [-0.39, 0.29) is 5.91 Å². The highest BCUT2D eigenvalue weighted by atomic mass is 16.5. The molecule has 0 radical (unpaired) electrons. The number of anilines is 1. The highest BCUT2D eigenvalue weighted by Gasteiger charge is 2.07. The maximum atomic E-state index is 12.3. The smallest absolute Gasteiger partial charge is 0.253 e. The number of nitrogens with one attached hydrogen (secondary N) is 1. The van der Waals surface area contributed by atoms with E-state index in [1.807, 2.05) is 54.6 Å². The summed E-state index contributed by atoms with van der Waals surface area (Å²) in [6.07, 6.45) is 3.08. The van der Waals surface area contributed by atoms with Crippen LogP contribution in [0.1, 0.15) is 21.5 Å². The third kappa shape index (κ3) is 5.82. The molecule has 0 bridgehead atoms. The Morgan fingerprint density at radius 2 is 1.66 bits per heavy atom. The molecule has 32 heavy (non-hydrogen) atoms. The van der Waals surface area contributed by atoms with Crippen molar-refractivity contribution >= 4 is 11.7 Å². The summed E-state index contributed by atoms with van der Waals surface area (Å²) in [5, 5.41) is 2.82. The third-order valence-electron chi connectivity index (χ3n) is 4.59. The zero-order chi connectivity index (χ0) is 22.2. The molecule has 0 unspecified atom stereocenters. The second-order valence-electron chi connectivity index (χ2n) is 7.00. The largest absolute Gasteiger partial charge is 0.489 e. The SMILES string of the molecule is Nc1cc(CNC(=O)c2ccc(Oc3ccc(OCc4ccccc4)cc3)nc2)ccn1. The summed E-state index contributed by atoms with van der Waals surface area (Å²) in [4.78, 5) is 20.5. The van der Waals surface area contributed by atoms with E-state index in [2.05, 4.69) is 15.3 Å². The standard InChI is InChI=1S/C25H22N4O3/c26-23-14-19(12-13-27-23)15-29-25(30)20-6-11-24(28-16-20)32-22-9-7-21(8-10-22)31-17-18-4-2-1-3-5-18/h1-14,16H,15,17H2,(H2,26,27)(H,29,30). The number of pyridine rings is 2. The van der Waals surface area contributed by atoms with E-state index >= 15 is 0 Å². The van der Waals surface area contributed by atoms with Crippen molar-refractivity contribution in [2.24, 2.45) is 0 Å². The van der Waals surface area contributed by atoms with Crippen LogP contribution in [-0.4, -0.2) is 15.9 Å². The fourth-order valence-corrected chi connectivity index (χ4v) is 2.93. The molecule has 0 aliphatic heterocycles. The second-order valence-corrected chi connectivity index (χ2v) is 7.00. The maximum absolute atomic E-state index is 12.3. The molecule has 0 saturated carbocycles. The molecule has 2 aromatic carbocycles. The van der Waals surface area contributed by atoms with Gasteiger partial charge in [0.15, 0.2) is 0 Å². The van der Waals surface area contributed by atoms with E-state index in [1.54, 1.807) is 30.5 Å². The molecule has 160 valence electrons. The molecular formula is C25H22N4O3. The first-order valence-corrected chi connectivity index (χ1v) is 10.0. The number of benzene rings is 2. The van der Waals surface area contributed by atoms with Crippen molar-refractivity contribution < 1.29 is 14.3 Å². The lowest BCUT2D eigenvalue weighted by atomic mass is 10.2. The highest BCUT2D eigenvalue weighted by Crippen LogP contribution is 2.23. The Morgan fingerprint density at radius 3 is 2.38 bits per heavy atom. The average molecular weight is 426 g/mol. The van der Waals surface area contributed by atoms with E-state index in [9.17, 15) is 4.79 Å². The van der Waals surface area contributed by atoms with Crippen LogP contribution in [0.3, 0.4) is 0 Å². The molecule has 3 N–H and O–H groups in total. The quantitative estimate of drug-likeness (QED) is 0.434. The fraction of sp³-hybridized carbons (Fsp3) is 0.0800. The molecular weight excluding hydrogens is 404 g/mol. The van der Waals surface area contributed by atoms with Crippen LogP contribution in [0.2, 0.25) is 0 Å². The summed E-state index contributed by atoms with van der Waals surface area (Å²) in [5.41, 5.74) is 8.06. The minimum absolute atomic E-state index is 0.237. The van der Waals surface area contributed by atoms with E-state index in [0.29, 0.717) is 36.2 Å². The van der Waals surface area contributed by atoms with Crippen LogP contribution < -0.4 is 20.5 Å². The molecule has 2 aromatic heterocycles. The van der Waals surface area contributed by atoms with Gasteiger partial charge in [-0.25, -0.2) is 9.97 Å². The number of nitrogens with two attached hydrogens (primary N) is 1. The first-order valence-electron chi connectivity index (χ1n) is 10.0. The maximum Gasteiger partial charge on any atom is 0.253 e. The molecule has 4 aromatic rings. The highest BCUT2D eigenvalue weighted by molar-refractivity contribution is 5.93. The lowest BCUT2D eigenvalue weighted by molar-refractivity contribution is 0.0950. The molecule has 2 heterocycles. The Balaban J connectivity index is 1.28. The van der Waals surface area contributed by atoms with Gasteiger partial charge in [-0.3, -0.25) is 4.79 Å². The van der Waals surface area contributed by atoms with E-state index < -0.39 is 0 Å². The molecule has 7 heteroatoms. The lowest BCUT2D eigenvalue weighted by Crippen LogP contribution is -2.23. The van der Waals surface area contributed by atoms with Gasteiger partial charge >= 0.3 is 0 Å². The van der Waals surface area contributed by atoms with Gasteiger partial charge < -0.3 is 20.5 Å². The van der Waals surface area contributed by atoms with Gasteiger partial charge in [-0.05, 0) is 53.6 Å². The molecule has 1 amide bonds. The van der Waals surface area contributed by atoms with Gasteiger partial charge in [0, 0.05) is 25.0 Å². The molecule has 0 saturated heterocycles. The Morgan fingerprint density at radius 1 is 0.875 bits per heavy atom. The molecule has 0 spiro atoms. The van der Waals surface area contributed by atoms with Crippen LogP contribution in [0, 0.1) is 0 Å². The number of amides is 1. The van der Waals surface area contributed by atoms with Gasteiger partial charge in [0.05, 0.1) is 5.56 Å². The number of nitrogens with zero attached hydrogens (tertiary/aromatic N) is 2. The van der Waals surface area contributed by atoms with Gasteiger partial charge in [0.2, 0.25) is 5.88 Å². The zero-order valence-corrected chi connectivity index (χ0v) is 17.3. The number of carbonyl (C=O) groups is 1. The zero-order valence-electron chi connectivity index (χ0n) is 17.3. The van der Waals surface area contributed by atoms with Gasteiger partial charge in [-0.2, -0.15) is 0 Å². The number of hydrogen-bond donors (Lipinski definition) is 2. The van der Waals surface area contributed by atoms with Crippen molar-refractivity contribution in [1.82, 2.24) is 15.3 Å².